The van der Waals surface area contributed by atoms with Gasteiger partial charge in [0.1, 0.15) is 6.61 Å². The molecule has 0 radical (unpaired) electrons. The first-order valence-electron chi connectivity index (χ1n) is 7.87. The van der Waals surface area contributed by atoms with Gasteiger partial charge in [-0.25, -0.2) is 0 Å². The van der Waals surface area contributed by atoms with Gasteiger partial charge < -0.3 is 20.1 Å². The Morgan fingerprint density at radius 2 is 1.82 bits per heavy atom. The molecule has 0 aliphatic heterocycles. The van der Waals surface area contributed by atoms with E-state index in [1.807, 2.05) is 0 Å². The van der Waals surface area contributed by atoms with Gasteiger partial charge in [0.25, 0.3) is 0 Å². The van der Waals surface area contributed by atoms with Crippen LogP contribution < -0.4 is 10.6 Å². The number of terminal acetylenes is 1. The number of carbonyl (C=O) groups is 2. The zero-order valence-electron chi connectivity index (χ0n) is 13.1. The van der Waals surface area contributed by atoms with Crippen molar-refractivity contribution < 1.29 is 19.1 Å². The molecule has 1 rings (SSSR count). The topological polar surface area (TPSA) is 76.7 Å². The molecule has 22 heavy (non-hydrogen) atoms. The van der Waals surface area contributed by atoms with Crippen LogP contribution in [-0.4, -0.2) is 50.8 Å². The summed E-state index contributed by atoms with van der Waals surface area (Å²) < 4.78 is 10.5. The number of ether oxygens (including phenoxy) is 2. The Labute approximate surface area is 132 Å². The first kappa shape index (κ1) is 18.5. The van der Waals surface area contributed by atoms with Crippen LogP contribution in [0.4, 0.5) is 0 Å². The number of hydrogen-bond acceptors (Lipinski definition) is 4. The average molecular weight is 310 g/mol. The number of rotatable bonds is 11. The molecule has 0 saturated heterocycles. The summed E-state index contributed by atoms with van der Waals surface area (Å²) in [6.45, 7) is 1.70. The van der Waals surface area contributed by atoms with Crippen LogP contribution in [-0.2, 0) is 19.1 Å². The van der Waals surface area contributed by atoms with E-state index in [4.69, 9.17) is 15.9 Å². The van der Waals surface area contributed by atoms with Crippen molar-refractivity contribution in [2.75, 3.05) is 33.0 Å². The summed E-state index contributed by atoms with van der Waals surface area (Å²) in [5, 5.41) is 5.66. The number of nitrogens with one attached hydrogen (secondary N) is 2. The predicted octanol–water partition coefficient (Wildman–Crippen LogP) is 0.608. The zero-order chi connectivity index (χ0) is 16.0. The molecule has 6 heteroatoms. The lowest BCUT2D eigenvalue weighted by Crippen LogP contribution is -2.35. The smallest absolute Gasteiger partial charge is 0.246 e. The SMILES string of the molecule is C#CCCC(=O)NCCOCCOCC(=O)NC1CCCC1. The second-order valence-electron chi connectivity index (χ2n) is 5.27. The Balaban J connectivity index is 1.84. The molecule has 2 amide bonds. The molecular weight excluding hydrogens is 284 g/mol. The van der Waals surface area contributed by atoms with Gasteiger partial charge in [-0.15, -0.1) is 12.3 Å². The Bertz CT molecular complexity index is 373. The summed E-state index contributed by atoms with van der Waals surface area (Å²) in [6, 6.07) is 0.324. The van der Waals surface area contributed by atoms with Gasteiger partial charge in [0, 0.05) is 25.4 Å². The molecular formula is C16H26N2O4. The fourth-order valence-electron chi connectivity index (χ4n) is 2.26. The van der Waals surface area contributed by atoms with Crippen molar-refractivity contribution in [1.29, 1.82) is 0 Å². The van der Waals surface area contributed by atoms with Crippen LogP contribution in [0.5, 0.6) is 0 Å². The minimum absolute atomic E-state index is 0.0623. The third-order valence-electron chi connectivity index (χ3n) is 3.39. The second kappa shape index (κ2) is 12.0. The van der Waals surface area contributed by atoms with Gasteiger partial charge in [0.2, 0.25) is 11.8 Å². The average Bonchev–Trinajstić information content (AvgIpc) is 3.00. The molecule has 1 saturated carbocycles. The molecule has 0 aromatic rings. The molecule has 1 aliphatic rings. The number of hydrogen-bond donors (Lipinski definition) is 2. The van der Waals surface area contributed by atoms with E-state index in [0.29, 0.717) is 45.2 Å². The standard InChI is InChI=1S/C16H26N2O4/c1-2-3-8-15(19)17-9-10-21-11-12-22-13-16(20)18-14-6-4-5-7-14/h1,14H,3-13H2,(H,17,19)(H,18,20). The van der Waals surface area contributed by atoms with Crippen molar-refractivity contribution >= 4 is 11.8 Å². The lowest BCUT2D eigenvalue weighted by atomic mass is 10.2. The quantitative estimate of drug-likeness (QED) is 0.433. The van der Waals surface area contributed by atoms with Crippen LogP contribution in [0.15, 0.2) is 0 Å². The van der Waals surface area contributed by atoms with Crippen LogP contribution in [0, 0.1) is 12.3 Å². The minimum atomic E-state index is -0.0682. The van der Waals surface area contributed by atoms with Gasteiger partial charge in [-0.05, 0) is 12.8 Å². The molecule has 0 aromatic heterocycles. The Kier molecular flexibility index (Phi) is 10.1. The van der Waals surface area contributed by atoms with Crippen molar-refractivity contribution in [3.05, 3.63) is 0 Å². The molecule has 124 valence electrons. The summed E-state index contributed by atoms with van der Waals surface area (Å²) in [6.07, 6.45) is 10.4. The second-order valence-corrected chi connectivity index (χ2v) is 5.27. The van der Waals surface area contributed by atoms with Crippen LogP contribution >= 0.6 is 0 Å². The van der Waals surface area contributed by atoms with E-state index in [-0.39, 0.29) is 18.4 Å². The molecule has 0 atom stereocenters. The molecule has 1 fully saturated rings. The highest BCUT2D eigenvalue weighted by molar-refractivity contribution is 5.77. The van der Waals surface area contributed by atoms with Gasteiger partial charge >= 0.3 is 0 Å². The predicted molar refractivity (Wildman–Crippen MR) is 83.1 cm³/mol. The summed E-state index contributed by atoms with van der Waals surface area (Å²) >= 11 is 0. The van der Waals surface area contributed by atoms with Crippen molar-refractivity contribution in [1.82, 2.24) is 10.6 Å². The zero-order valence-corrected chi connectivity index (χ0v) is 13.1. The fourth-order valence-corrected chi connectivity index (χ4v) is 2.26. The van der Waals surface area contributed by atoms with E-state index in [1.165, 1.54) is 12.8 Å². The molecule has 6 nitrogen and oxygen atoms in total. The number of carbonyl (C=O) groups excluding carboxylic acids is 2. The van der Waals surface area contributed by atoms with Crippen LogP contribution in [0.25, 0.3) is 0 Å². The normalized spacial score (nSPS) is 14.5. The molecule has 2 N–H and O–H groups in total. The first-order valence-corrected chi connectivity index (χ1v) is 7.87. The van der Waals surface area contributed by atoms with Crippen LogP contribution in [0.2, 0.25) is 0 Å². The lowest BCUT2D eigenvalue weighted by Gasteiger charge is -2.12. The fraction of sp³-hybridized carbons (Fsp3) is 0.750. The summed E-state index contributed by atoms with van der Waals surface area (Å²) in [5.74, 6) is 2.28. The van der Waals surface area contributed by atoms with Crippen molar-refractivity contribution in [3.63, 3.8) is 0 Å². The van der Waals surface area contributed by atoms with Gasteiger partial charge in [-0.1, -0.05) is 12.8 Å². The minimum Gasteiger partial charge on any atom is -0.377 e. The highest BCUT2D eigenvalue weighted by Gasteiger charge is 2.16. The van der Waals surface area contributed by atoms with Crippen molar-refractivity contribution in [2.24, 2.45) is 0 Å². The van der Waals surface area contributed by atoms with E-state index in [0.717, 1.165) is 12.8 Å². The number of amides is 2. The van der Waals surface area contributed by atoms with E-state index in [2.05, 4.69) is 16.6 Å². The van der Waals surface area contributed by atoms with E-state index in [9.17, 15) is 9.59 Å². The third-order valence-corrected chi connectivity index (χ3v) is 3.39. The summed E-state index contributed by atoms with van der Waals surface area (Å²) in [7, 11) is 0. The molecule has 0 spiro atoms. The van der Waals surface area contributed by atoms with E-state index < -0.39 is 0 Å². The molecule has 1 aliphatic carbocycles. The molecule has 0 aromatic carbocycles. The summed E-state index contributed by atoms with van der Waals surface area (Å²) in [4.78, 5) is 22.8. The van der Waals surface area contributed by atoms with Crippen molar-refractivity contribution in [3.8, 4) is 12.3 Å². The highest BCUT2D eigenvalue weighted by Crippen LogP contribution is 2.17. The van der Waals surface area contributed by atoms with E-state index >= 15 is 0 Å². The van der Waals surface area contributed by atoms with Gasteiger partial charge in [0.15, 0.2) is 0 Å². The summed E-state index contributed by atoms with van der Waals surface area (Å²) in [5.41, 5.74) is 0. The monoisotopic (exact) mass is 310 g/mol. The Morgan fingerprint density at radius 1 is 1.09 bits per heavy atom. The van der Waals surface area contributed by atoms with Gasteiger partial charge in [0.05, 0.1) is 19.8 Å². The van der Waals surface area contributed by atoms with Crippen LogP contribution in [0.3, 0.4) is 0 Å². The maximum absolute atomic E-state index is 11.6. The van der Waals surface area contributed by atoms with Gasteiger partial charge in [-0.2, -0.15) is 0 Å². The maximum atomic E-state index is 11.6. The first-order chi connectivity index (χ1) is 10.7. The Hall–Kier alpha value is -1.58. The highest BCUT2D eigenvalue weighted by atomic mass is 16.5. The molecule has 0 bridgehead atoms. The van der Waals surface area contributed by atoms with Crippen molar-refractivity contribution in [2.45, 2.75) is 44.6 Å². The third kappa shape index (κ3) is 9.37. The molecule has 0 unspecified atom stereocenters. The van der Waals surface area contributed by atoms with Gasteiger partial charge in [-0.3, -0.25) is 9.59 Å². The lowest BCUT2D eigenvalue weighted by molar-refractivity contribution is -0.127. The maximum Gasteiger partial charge on any atom is 0.246 e. The molecule has 0 heterocycles. The van der Waals surface area contributed by atoms with Crippen LogP contribution in [0.1, 0.15) is 38.5 Å². The Morgan fingerprint density at radius 3 is 2.55 bits per heavy atom. The largest absolute Gasteiger partial charge is 0.377 e. The van der Waals surface area contributed by atoms with E-state index in [1.54, 1.807) is 0 Å².